The summed E-state index contributed by atoms with van der Waals surface area (Å²) in [5.74, 6) is -0.863. The Labute approximate surface area is 127 Å². The minimum atomic E-state index is -0.863. The third-order valence-corrected chi connectivity index (χ3v) is 4.52. The molecular weight excluding hydrogens is 294 g/mol. The largest absolute Gasteiger partial charge is 0.477 e. The minimum Gasteiger partial charge on any atom is -0.477 e. The van der Waals surface area contributed by atoms with Gasteiger partial charge in [-0.2, -0.15) is 0 Å². The molecule has 0 aliphatic carbocycles. The fourth-order valence-electron chi connectivity index (χ4n) is 2.05. The number of hydrogen-bond donors (Lipinski definition) is 1. The fourth-order valence-corrected chi connectivity index (χ4v) is 3.11. The highest BCUT2D eigenvalue weighted by Crippen LogP contribution is 2.24. The van der Waals surface area contributed by atoms with Crippen LogP contribution in [0.5, 0.6) is 0 Å². The van der Waals surface area contributed by atoms with E-state index in [9.17, 15) is 4.79 Å². The van der Waals surface area contributed by atoms with Gasteiger partial charge in [-0.05, 0) is 37.2 Å². The van der Waals surface area contributed by atoms with Crippen molar-refractivity contribution in [2.24, 2.45) is 0 Å². The Bertz CT molecular complexity index is 624. The molecular formula is C15H16ClNO2S. The van der Waals surface area contributed by atoms with E-state index in [1.807, 2.05) is 38.2 Å². The number of rotatable bonds is 5. The summed E-state index contributed by atoms with van der Waals surface area (Å²) >= 11 is 7.47. The molecule has 1 aromatic carbocycles. The van der Waals surface area contributed by atoms with Crippen LogP contribution in [0.3, 0.4) is 0 Å². The first-order chi connectivity index (χ1) is 9.47. The van der Waals surface area contributed by atoms with E-state index in [1.165, 1.54) is 11.3 Å². The van der Waals surface area contributed by atoms with Crippen LogP contribution < -0.4 is 0 Å². The topological polar surface area (TPSA) is 40.5 Å². The van der Waals surface area contributed by atoms with E-state index >= 15 is 0 Å². The van der Waals surface area contributed by atoms with Crippen LogP contribution in [0.2, 0.25) is 5.02 Å². The molecule has 0 aliphatic heterocycles. The molecule has 20 heavy (non-hydrogen) atoms. The molecule has 5 heteroatoms. The van der Waals surface area contributed by atoms with E-state index in [0.717, 1.165) is 27.6 Å². The van der Waals surface area contributed by atoms with Gasteiger partial charge >= 0.3 is 5.97 Å². The van der Waals surface area contributed by atoms with Crippen LogP contribution in [0.1, 0.15) is 25.7 Å². The number of thiophene rings is 1. The summed E-state index contributed by atoms with van der Waals surface area (Å²) in [4.78, 5) is 14.5. The Balaban J connectivity index is 2.06. The second kappa shape index (κ2) is 6.39. The summed E-state index contributed by atoms with van der Waals surface area (Å²) < 4.78 is 0. The Morgan fingerprint density at radius 3 is 2.55 bits per heavy atom. The highest BCUT2D eigenvalue weighted by molar-refractivity contribution is 7.14. The Hall–Kier alpha value is -1.36. The van der Waals surface area contributed by atoms with Crippen LogP contribution in [0.4, 0.5) is 0 Å². The van der Waals surface area contributed by atoms with Gasteiger partial charge in [0.25, 0.3) is 0 Å². The van der Waals surface area contributed by atoms with Crippen LogP contribution in [0.15, 0.2) is 30.3 Å². The maximum absolute atomic E-state index is 11.0. The van der Waals surface area contributed by atoms with Crippen LogP contribution in [-0.2, 0) is 13.1 Å². The fraction of sp³-hybridized carbons (Fsp3) is 0.267. The van der Waals surface area contributed by atoms with Gasteiger partial charge in [0.15, 0.2) is 0 Å². The second-order valence-corrected chi connectivity index (χ2v) is 6.42. The van der Waals surface area contributed by atoms with Gasteiger partial charge in [0.05, 0.1) is 0 Å². The first-order valence-corrected chi connectivity index (χ1v) is 7.41. The molecule has 0 saturated heterocycles. The van der Waals surface area contributed by atoms with Gasteiger partial charge in [-0.25, -0.2) is 4.79 Å². The Morgan fingerprint density at radius 1 is 1.30 bits per heavy atom. The van der Waals surface area contributed by atoms with Crippen molar-refractivity contribution >= 4 is 28.9 Å². The van der Waals surface area contributed by atoms with Crippen molar-refractivity contribution < 1.29 is 9.90 Å². The van der Waals surface area contributed by atoms with Gasteiger partial charge in [0.1, 0.15) is 4.88 Å². The first kappa shape index (κ1) is 15.0. The molecule has 0 unspecified atom stereocenters. The van der Waals surface area contributed by atoms with Crippen molar-refractivity contribution in [2.45, 2.75) is 20.0 Å². The zero-order valence-electron chi connectivity index (χ0n) is 11.4. The number of nitrogens with zero attached hydrogens (tertiary/aromatic N) is 1. The van der Waals surface area contributed by atoms with E-state index in [2.05, 4.69) is 4.90 Å². The lowest BCUT2D eigenvalue weighted by atomic mass is 10.2. The molecule has 0 atom stereocenters. The predicted octanol–water partition coefficient (Wildman–Crippen LogP) is 4.04. The predicted molar refractivity (Wildman–Crippen MR) is 82.6 cm³/mol. The molecule has 2 aromatic rings. The molecule has 1 aromatic heterocycles. The molecule has 0 fully saturated rings. The van der Waals surface area contributed by atoms with Gasteiger partial charge in [0, 0.05) is 23.0 Å². The molecule has 0 saturated carbocycles. The van der Waals surface area contributed by atoms with Crippen molar-refractivity contribution in [3.05, 3.63) is 56.2 Å². The number of aromatic carboxylic acids is 1. The normalized spacial score (nSPS) is 11.0. The van der Waals surface area contributed by atoms with Crippen molar-refractivity contribution in [3.63, 3.8) is 0 Å². The third-order valence-electron chi connectivity index (χ3n) is 3.07. The van der Waals surface area contributed by atoms with Gasteiger partial charge in [0.2, 0.25) is 0 Å². The number of aryl methyl sites for hydroxylation is 1. The second-order valence-electron chi connectivity index (χ2n) is 4.76. The molecule has 1 heterocycles. The number of carboxylic acids is 1. The van der Waals surface area contributed by atoms with Gasteiger partial charge in [-0.1, -0.05) is 29.8 Å². The zero-order chi connectivity index (χ0) is 14.7. The molecule has 0 amide bonds. The third kappa shape index (κ3) is 3.60. The van der Waals surface area contributed by atoms with Gasteiger partial charge in [-0.15, -0.1) is 11.3 Å². The molecule has 3 nitrogen and oxygen atoms in total. The highest BCUT2D eigenvalue weighted by atomic mass is 35.5. The molecule has 0 aliphatic rings. The van der Waals surface area contributed by atoms with Crippen molar-refractivity contribution in [1.82, 2.24) is 4.90 Å². The smallest absolute Gasteiger partial charge is 0.345 e. The summed E-state index contributed by atoms with van der Waals surface area (Å²) in [7, 11) is 2.00. The number of carboxylic acid groups (broad SMARTS) is 1. The van der Waals surface area contributed by atoms with Gasteiger partial charge in [-0.3, -0.25) is 4.90 Å². The maximum Gasteiger partial charge on any atom is 0.345 e. The lowest BCUT2D eigenvalue weighted by molar-refractivity contribution is 0.0702. The molecule has 0 bridgehead atoms. The van der Waals surface area contributed by atoms with Crippen LogP contribution >= 0.6 is 22.9 Å². The standard InChI is InChI=1S/C15H16ClNO2S/c1-10-12(7-14(20-10)15(18)19)9-17(2)8-11-5-3-4-6-13(11)16/h3-7H,8-9H2,1-2H3,(H,18,19). The van der Waals surface area contributed by atoms with E-state index < -0.39 is 5.97 Å². The number of halogens is 1. The molecule has 2 rings (SSSR count). The van der Waals surface area contributed by atoms with E-state index in [0.29, 0.717) is 11.4 Å². The quantitative estimate of drug-likeness (QED) is 0.906. The maximum atomic E-state index is 11.0. The Kier molecular flexibility index (Phi) is 4.81. The molecule has 0 radical (unpaired) electrons. The number of benzene rings is 1. The Morgan fingerprint density at radius 2 is 1.95 bits per heavy atom. The lowest BCUT2D eigenvalue weighted by Crippen LogP contribution is -2.17. The summed E-state index contributed by atoms with van der Waals surface area (Å²) in [6.45, 7) is 3.40. The van der Waals surface area contributed by atoms with Crippen molar-refractivity contribution in [1.29, 1.82) is 0 Å². The van der Waals surface area contributed by atoms with Crippen LogP contribution in [0, 0.1) is 6.92 Å². The summed E-state index contributed by atoms with van der Waals surface area (Å²) in [6.07, 6.45) is 0. The lowest BCUT2D eigenvalue weighted by Gasteiger charge is -2.17. The van der Waals surface area contributed by atoms with Crippen molar-refractivity contribution in [3.8, 4) is 0 Å². The summed E-state index contributed by atoms with van der Waals surface area (Å²) in [5, 5.41) is 9.76. The average Bonchev–Trinajstić information content (AvgIpc) is 2.74. The number of carbonyl (C=O) groups is 1. The molecule has 1 N–H and O–H groups in total. The van der Waals surface area contributed by atoms with E-state index in [1.54, 1.807) is 6.07 Å². The number of hydrogen-bond acceptors (Lipinski definition) is 3. The minimum absolute atomic E-state index is 0.392. The average molecular weight is 310 g/mol. The molecule has 106 valence electrons. The van der Waals surface area contributed by atoms with Gasteiger partial charge < -0.3 is 5.11 Å². The summed E-state index contributed by atoms with van der Waals surface area (Å²) in [5.41, 5.74) is 2.13. The first-order valence-electron chi connectivity index (χ1n) is 6.22. The summed E-state index contributed by atoms with van der Waals surface area (Å²) in [6, 6.07) is 9.51. The SMILES string of the molecule is Cc1sc(C(=O)O)cc1CN(C)Cc1ccccc1Cl. The van der Waals surface area contributed by atoms with Crippen molar-refractivity contribution in [2.75, 3.05) is 7.05 Å². The molecule has 0 spiro atoms. The van der Waals surface area contributed by atoms with Crippen LogP contribution in [0.25, 0.3) is 0 Å². The zero-order valence-corrected chi connectivity index (χ0v) is 13.0. The highest BCUT2D eigenvalue weighted by Gasteiger charge is 2.13. The van der Waals surface area contributed by atoms with E-state index in [-0.39, 0.29) is 0 Å². The van der Waals surface area contributed by atoms with E-state index in [4.69, 9.17) is 16.7 Å². The monoisotopic (exact) mass is 309 g/mol. The van der Waals surface area contributed by atoms with Crippen LogP contribution in [-0.4, -0.2) is 23.0 Å².